The fourth-order valence-corrected chi connectivity index (χ4v) is 2.88. The normalized spacial score (nSPS) is 19.8. The molecule has 1 heterocycles. The van der Waals surface area contributed by atoms with Crippen molar-refractivity contribution in [3.05, 3.63) is 35.9 Å². The minimum absolute atomic E-state index is 0.180. The molecule has 2 atom stereocenters. The molecule has 2 rings (SSSR count). The molecule has 6 nitrogen and oxygen atoms in total. The van der Waals surface area contributed by atoms with Gasteiger partial charge in [0, 0.05) is 13.0 Å². The van der Waals surface area contributed by atoms with Gasteiger partial charge in [-0.2, -0.15) is 0 Å². The molecular weight excluding hydrogens is 346 g/mol. The maximum Gasteiger partial charge on any atom is 0.411 e. The number of hydrogen-bond acceptors (Lipinski definition) is 5. The number of hydrogen-bond donors (Lipinski definition) is 0. The Kier molecular flexibility index (Phi) is 7.66. The van der Waals surface area contributed by atoms with E-state index in [-0.39, 0.29) is 12.7 Å². The van der Waals surface area contributed by atoms with Gasteiger partial charge in [-0.1, -0.05) is 43.7 Å². The summed E-state index contributed by atoms with van der Waals surface area (Å²) in [5.74, 6) is -0.425. The Bertz CT molecular complexity index is 611. The van der Waals surface area contributed by atoms with Crippen molar-refractivity contribution in [1.29, 1.82) is 0 Å². The SMILES string of the molecule is CCCCO[C@@H]1C[C@H](C(=O)OCc2ccccc2)N(C(=O)OC(C)(C)C)C1. The molecule has 1 saturated heterocycles. The summed E-state index contributed by atoms with van der Waals surface area (Å²) >= 11 is 0. The van der Waals surface area contributed by atoms with Crippen molar-refractivity contribution in [3.8, 4) is 0 Å². The van der Waals surface area contributed by atoms with E-state index in [2.05, 4.69) is 6.92 Å². The number of ether oxygens (including phenoxy) is 3. The number of likely N-dealkylation sites (tertiary alicyclic amines) is 1. The third-order valence-corrected chi connectivity index (χ3v) is 4.24. The molecule has 150 valence electrons. The molecule has 0 N–H and O–H groups in total. The van der Waals surface area contributed by atoms with Crippen molar-refractivity contribution in [2.24, 2.45) is 0 Å². The van der Waals surface area contributed by atoms with E-state index in [1.54, 1.807) is 20.8 Å². The number of carbonyl (C=O) groups is 2. The first-order chi connectivity index (χ1) is 12.8. The van der Waals surface area contributed by atoms with E-state index in [0.717, 1.165) is 18.4 Å². The second-order valence-corrected chi connectivity index (χ2v) is 7.82. The van der Waals surface area contributed by atoms with Gasteiger partial charge in [-0.05, 0) is 32.8 Å². The fraction of sp³-hybridized carbons (Fsp3) is 0.619. The summed E-state index contributed by atoms with van der Waals surface area (Å²) in [6.07, 6.45) is 1.72. The summed E-state index contributed by atoms with van der Waals surface area (Å²) in [6.45, 7) is 8.64. The van der Waals surface area contributed by atoms with Crippen LogP contribution in [0, 0.1) is 0 Å². The molecule has 0 bridgehead atoms. The van der Waals surface area contributed by atoms with E-state index in [1.807, 2.05) is 30.3 Å². The Morgan fingerprint density at radius 2 is 1.89 bits per heavy atom. The molecule has 0 aromatic heterocycles. The van der Waals surface area contributed by atoms with Crippen LogP contribution >= 0.6 is 0 Å². The average Bonchev–Trinajstić information content (AvgIpc) is 3.04. The first kappa shape index (κ1) is 21.2. The smallest absolute Gasteiger partial charge is 0.411 e. The van der Waals surface area contributed by atoms with Crippen molar-refractivity contribution >= 4 is 12.1 Å². The van der Waals surface area contributed by atoms with Crippen LogP contribution in [-0.2, 0) is 25.6 Å². The molecule has 1 aromatic rings. The Labute approximate surface area is 161 Å². The van der Waals surface area contributed by atoms with Crippen LogP contribution in [0.2, 0.25) is 0 Å². The third-order valence-electron chi connectivity index (χ3n) is 4.24. The van der Waals surface area contributed by atoms with E-state index in [4.69, 9.17) is 14.2 Å². The van der Waals surface area contributed by atoms with Crippen LogP contribution in [-0.4, -0.2) is 47.9 Å². The fourth-order valence-electron chi connectivity index (χ4n) is 2.88. The van der Waals surface area contributed by atoms with Crippen LogP contribution in [0.3, 0.4) is 0 Å². The van der Waals surface area contributed by atoms with Gasteiger partial charge in [0.2, 0.25) is 0 Å². The lowest BCUT2D eigenvalue weighted by atomic mass is 10.2. The van der Waals surface area contributed by atoms with Crippen molar-refractivity contribution in [3.63, 3.8) is 0 Å². The Balaban J connectivity index is 2.01. The molecule has 6 heteroatoms. The van der Waals surface area contributed by atoms with Crippen LogP contribution in [0.15, 0.2) is 30.3 Å². The van der Waals surface area contributed by atoms with Gasteiger partial charge in [-0.3, -0.25) is 4.90 Å². The van der Waals surface area contributed by atoms with E-state index in [0.29, 0.717) is 19.6 Å². The van der Waals surface area contributed by atoms with Crippen molar-refractivity contribution < 1.29 is 23.8 Å². The molecule has 0 aliphatic carbocycles. The lowest BCUT2D eigenvalue weighted by Gasteiger charge is -2.27. The molecule has 1 amide bonds. The van der Waals surface area contributed by atoms with Crippen LogP contribution in [0.4, 0.5) is 4.79 Å². The molecular formula is C21H31NO5. The van der Waals surface area contributed by atoms with E-state index in [1.165, 1.54) is 4.90 Å². The zero-order valence-electron chi connectivity index (χ0n) is 16.8. The number of amides is 1. The van der Waals surface area contributed by atoms with Crippen molar-refractivity contribution in [2.75, 3.05) is 13.2 Å². The van der Waals surface area contributed by atoms with E-state index in [9.17, 15) is 9.59 Å². The quantitative estimate of drug-likeness (QED) is 0.532. The summed E-state index contributed by atoms with van der Waals surface area (Å²) in [5.41, 5.74) is 0.278. The topological polar surface area (TPSA) is 65.1 Å². The van der Waals surface area contributed by atoms with E-state index < -0.39 is 23.7 Å². The number of benzene rings is 1. The first-order valence-corrected chi connectivity index (χ1v) is 9.62. The molecule has 1 fully saturated rings. The summed E-state index contributed by atoms with van der Waals surface area (Å²) in [7, 11) is 0. The molecule has 1 aliphatic rings. The number of nitrogens with zero attached hydrogens (tertiary/aromatic N) is 1. The lowest BCUT2D eigenvalue weighted by molar-refractivity contribution is -0.150. The lowest BCUT2D eigenvalue weighted by Crippen LogP contribution is -2.44. The van der Waals surface area contributed by atoms with Gasteiger partial charge in [-0.15, -0.1) is 0 Å². The predicted octanol–water partition coefficient (Wildman–Crippen LogP) is 3.92. The largest absolute Gasteiger partial charge is 0.459 e. The Morgan fingerprint density at radius 1 is 1.19 bits per heavy atom. The predicted molar refractivity (Wildman–Crippen MR) is 102 cm³/mol. The summed E-state index contributed by atoms with van der Waals surface area (Å²) in [6, 6.07) is 8.79. The second-order valence-electron chi connectivity index (χ2n) is 7.82. The molecule has 27 heavy (non-hydrogen) atoms. The van der Waals surface area contributed by atoms with Crippen molar-refractivity contribution in [2.45, 2.75) is 71.3 Å². The average molecular weight is 377 g/mol. The van der Waals surface area contributed by atoms with Gasteiger partial charge in [-0.25, -0.2) is 9.59 Å². The summed E-state index contributed by atoms with van der Waals surface area (Å²) < 4.78 is 16.8. The first-order valence-electron chi connectivity index (χ1n) is 9.62. The second kappa shape index (κ2) is 9.74. The third kappa shape index (κ3) is 6.86. The molecule has 0 saturated carbocycles. The summed E-state index contributed by atoms with van der Waals surface area (Å²) in [5, 5.41) is 0. The maximum atomic E-state index is 12.6. The Morgan fingerprint density at radius 3 is 2.52 bits per heavy atom. The zero-order valence-corrected chi connectivity index (χ0v) is 16.8. The van der Waals surface area contributed by atoms with Crippen molar-refractivity contribution in [1.82, 2.24) is 4.90 Å². The minimum atomic E-state index is -0.685. The number of unbranched alkanes of at least 4 members (excludes halogenated alkanes) is 1. The van der Waals surface area contributed by atoms with Gasteiger partial charge in [0.1, 0.15) is 18.2 Å². The highest BCUT2D eigenvalue weighted by Gasteiger charge is 2.42. The number of rotatable bonds is 7. The zero-order chi connectivity index (χ0) is 19.9. The van der Waals surface area contributed by atoms with Gasteiger partial charge in [0.15, 0.2) is 0 Å². The van der Waals surface area contributed by atoms with Crippen LogP contribution in [0.5, 0.6) is 0 Å². The number of carbonyl (C=O) groups excluding carboxylic acids is 2. The van der Waals surface area contributed by atoms with Gasteiger partial charge in [0.05, 0.1) is 12.6 Å². The van der Waals surface area contributed by atoms with Gasteiger partial charge < -0.3 is 14.2 Å². The molecule has 1 aliphatic heterocycles. The monoisotopic (exact) mass is 377 g/mol. The highest BCUT2D eigenvalue weighted by atomic mass is 16.6. The minimum Gasteiger partial charge on any atom is -0.459 e. The van der Waals surface area contributed by atoms with Gasteiger partial charge in [0.25, 0.3) is 0 Å². The van der Waals surface area contributed by atoms with Crippen LogP contribution in [0.1, 0.15) is 52.5 Å². The number of esters is 1. The highest BCUT2D eigenvalue weighted by molar-refractivity contribution is 5.82. The van der Waals surface area contributed by atoms with E-state index >= 15 is 0 Å². The van der Waals surface area contributed by atoms with Gasteiger partial charge >= 0.3 is 12.1 Å². The maximum absolute atomic E-state index is 12.6. The molecule has 1 aromatic carbocycles. The van der Waals surface area contributed by atoms with Crippen LogP contribution < -0.4 is 0 Å². The standard InChI is InChI=1S/C21H31NO5/c1-5-6-12-25-17-13-18(22(14-17)20(24)27-21(2,3)4)19(23)26-15-16-10-8-7-9-11-16/h7-11,17-18H,5-6,12-15H2,1-4H3/t17-,18-/m1/s1. The highest BCUT2D eigenvalue weighted by Crippen LogP contribution is 2.25. The van der Waals surface area contributed by atoms with Crippen LogP contribution in [0.25, 0.3) is 0 Å². The molecule has 0 radical (unpaired) electrons. The Hall–Kier alpha value is -2.08. The molecule has 0 unspecified atom stereocenters. The summed E-state index contributed by atoms with van der Waals surface area (Å²) in [4.78, 5) is 26.7. The molecule has 0 spiro atoms.